The van der Waals surface area contributed by atoms with Gasteiger partial charge in [0, 0.05) is 13.1 Å². The fourth-order valence-corrected chi connectivity index (χ4v) is 3.45. The van der Waals surface area contributed by atoms with Gasteiger partial charge in [-0.05, 0) is 31.9 Å². The molecule has 0 aliphatic carbocycles. The van der Waals surface area contributed by atoms with Crippen molar-refractivity contribution in [1.29, 1.82) is 0 Å². The van der Waals surface area contributed by atoms with Gasteiger partial charge in [-0.2, -0.15) is 17.4 Å². The van der Waals surface area contributed by atoms with Crippen molar-refractivity contribution in [3.63, 3.8) is 0 Å². The molecule has 1 saturated heterocycles. The second-order valence-electron chi connectivity index (χ2n) is 4.87. The molecule has 0 aromatic carbocycles. The number of nitrogens with zero attached hydrogens (tertiary/aromatic N) is 1. The highest BCUT2D eigenvalue weighted by Gasteiger charge is 2.32. The quantitative estimate of drug-likeness (QED) is 0.835. The molecule has 1 fully saturated rings. The highest BCUT2D eigenvalue weighted by Crippen LogP contribution is 2.19. The van der Waals surface area contributed by atoms with Crippen LogP contribution in [0.5, 0.6) is 0 Å². The first-order valence-corrected chi connectivity index (χ1v) is 7.85. The zero-order valence-corrected chi connectivity index (χ0v) is 12.0. The van der Waals surface area contributed by atoms with Crippen LogP contribution in [0.4, 0.5) is 0 Å². The average Bonchev–Trinajstić information content (AvgIpc) is 2.82. The Bertz CT molecular complexity index is 580. The smallest absolute Gasteiger partial charge is 0.307 e. The summed E-state index contributed by atoms with van der Waals surface area (Å²) in [4.78, 5) is 11.0. The average molecular weight is 302 g/mol. The van der Waals surface area contributed by atoms with Gasteiger partial charge in [0.25, 0.3) is 10.2 Å². The van der Waals surface area contributed by atoms with E-state index < -0.39 is 22.1 Å². The lowest BCUT2D eigenvalue weighted by atomic mass is 10.0. The first-order chi connectivity index (χ1) is 9.38. The molecular formula is C12H18N2O5S. The number of nitrogens with one attached hydrogen (secondary N) is 1. The highest BCUT2D eigenvalue weighted by molar-refractivity contribution is 7.87. The van der Waals surface area contributed by atoms with Crippen LogP contribution in [0.25, 0.3) is 0 Å². The maximum Gasteiger partial charge on any atom is 0.307 e. The summed E-state index contributed by atoms with van der Waals surface area (Å²) in [6.45, 7) is 2.20. The zero-order valence-electron chi connectivity index (χ0n) is 11.2. The summed E-state index contributed by atoms with van der Waals surface area (Å²) in [6.07, 6.45) is 1.07. The van der Waals surface area contributed by atoms with Crippen LogP contribution in [0, 0.1) is 12.8 Å². The maximum atomic E-state index is 12.1. The third-order valence-electron chi connectivity index (χ3n) is 3.30. The molecule has 0 bridgehead atoms. The normalized spacial score (nSPS) is 20.9. The minimum Gasteiger partial charge on any atom is -0.481 e. The van der Waals surface area contributed by atoms with Crippen LogP contribution in [0.1, 0.15) is 24.4 Å². The summed E-state index contributed by atoms with van der Waals surface area (Å²) in [6, 6.07) is 3.46. The molecule has 1 aromatic heterocycles. The Labute approximate surface area is 117 Å². The summed E-state index contributed by atoms with van der Waals surface area (Å²) in [7, 11) is -3.68. The molecule has 0 saturated carbocycles. The SMILES string of the molecule is Cc1ccc(CNS(=O)(=O)N2CCCC(C(=O)O)C2)o1. The minimum absolute atomic E-state index is 0.0157. The van der Waals surface area contributed by atoms with Crippen molar-refractivity contribution in [1.82, 2.24) is 9.03 Å². The molecular weight excluding hydrogens is 284 g/mol. The van der Waals surface area contributed by atoms with E-state index in [1.54, 1.807) is 19.1 Å². The van der Waals surface area contributed by atoms with E-state index in [-0.39, 0.29) is 13.1 Å². The summed E-state index contributed by atoms with van der Waals surface area (Å²) in [5.41, 5.74) is 0. The van der Waals surface area contributed by atoms with Gasteiger partial charge in [0.05, 0.1) is 12.5 Å². The van der Waals surface area contributed by atoms with Crippen molar-refractivity contribution < 1.29 is 22.7 Å². The number of rotatable bonds is 5. The minimum atomic E-state index is -3.68. The van der Waals surface area contributed by atoms with Crippen molar-refractivity contribution in [2.75, 3.05) is 13.1 Å². The first kappa shape index (κ1) is 15.0. The van der Waals surface area contributed by atoms with Crippen LogP contribution < -0.4 is 4.72 Å². The largest absolute Gasteiger partial charge is 0.481 e. The van der Waals surface area contributed by atoms with Crippen LogP contribution >= 0.6 is 0 Å². The Balaban J connectivity index is 1.97. The first-order valence-electron chi connectivity index (χ1n) is 6.41. The molecule has 0 radical (unpaired) electrons. The molecule has 1 aliphatic rings. The molecule has 2 rings (SSSR count). The molecule has 8 heteroatoms. The molecule has 1 aliphatic heterocycles. The Hall–Kier alpha value is -1.38. The van der Waals surface area contributed by atoms with Gasteiger partial charge in [-0.3, -0.25) is 4.79 Å². The summed E-state index contributed by atoms with van der Waals surface area (Å²) in [5, 5.41) is 8.98. The number of hydrogen-bond acceptors (Lipinski definition) is 4. The Kier molecular flexibility index (Phi) is 4.46. The van der Waals surface area contributed by atoms with Crippen molar-refractivity contribution in [3.8, 4) is 0 Å². The van der Waals surface area contributed by atoms with Crippen LogP contribution in [-0.2, 0) is 21.5 Å². The van der Waals surface area contributed by atoms with E-state index >= 15 is 0 Å². The Morgan fingerprint density at radius 1 is 1.55 bits per heavy atom. The topological polar surface area (TPSA) is 99.9 Å². The van der Waals surface area contributed by atoms with Gasteiger partial charge in [0.1, 0.15) is 11.5 Å². The van der Waals surface area contributed by atoms with Crippen molar-refractivity contribution in [2.24, 2.45) is 5.92 Å². The van der Waals surface area contributed by atoms with Crippen LogP contribution in [0.15, 0.2) is 16.5 Å². The summed E-state index contributed by atoms with van der Waals surface area (Å²) >= 11 is 0. The molecule has 1 aromatic rings. The van der Waals surface area contributed by atoms with Crippen molar-refractivity contribution in [3.05, 3.63) is 23.7 Å². The van der Waals surface area contributed by atoms with E-state index in [0.29, 0.717) is 30.9 Å². The second-order valence-corrected chi connectivity index (χ2v) is 6.63. The predicted octanol–water partition coefficient (Wildman–Crippen LogP) is 0.719. The Morgan fingerprint density at radius 3 is 2.90 bits per heavy atom. The maximum absolute atomic E-state index is 12.1. The number of hydrogen-bond donors (Lipinski definition) is 2. The lowest BCUT2D eigenvalue weighted by Gasteiger charge is -2.29. The number of aryl methyl sites for hydroxylation is 1. The van der Waals surface area contributed by atoms with Crippen LogP contribution in [0.2, 0.25) is 0 Å². The summed E-state index contributed by atoms with van der Waals surface area (Å²) in [5.74, 6) is -0.348. The van der Waals surface area contributed by atoms with E-state index in [0.717, 1.165) is 0 Å². The second kappa shape index (κ2) is 5.94. The van der Waals surface area contributed by atoms with E-state index in [1.165, 1.54) is 4.31 Å². The number of carbonyl (C=O) groups is 1. The number of furan rings is 1. The van der Waals surface area contributed by atoms with Crippen LogP contribution in [-0.4, -0.2) is 36.9 Å². The van der Waals surface area contributed by atoms with Crippen molar-refractivity contribution >= 4 is 16.2 Å². The Morgan fingerprint density at radius 2 is 2.30 bits per heavy atom. The lowest BCUT2D eigenvalue weighted by molar-refractivity contribution is -0.142. The van der Waals surface area contributed by atoms with Gasteiger partial charge in [-0.25, -0.2) is 0 Å². The third-order valence-corrected chi connectivity index (χ3v) is 4.82. The van der Waals surface area contributed by atoms with Crippen LogP contribution in [0.3, 0.4) is 0 Å². The molecule has 112 valence electrons. The van der Waals surface area contributed by atoms with E-state index in [1.807, 2.05) is 0 Å². The number of carboxylic acids is 1. The van der Waals surface area contributed by atoms with Crippen molar-refractivity contribution in [2.45, 2.75) is 26.3 Å². The third kappa shape index (κ3) is 3.59. The van der Waals surface area contributed by atoms with E-state index in [4.69, 9.17) is 9.52 Å². The molecule has 1 atom stereocenters. The fraction of sp³-hybridized carbons (Fsp3) is 0.583. The van der Waals surface area contributed by atoms with Gasteiger partial charge in [0.2, 0.25) is 0 Å². The molecule has 2 heterocycles. The van der Waals surface area contributed by atoms with E-state index in [9.17, 15) is 13.2 Å². The lowest BCUT2D eigenvalue weighted by Crippen LogP contribution is -2.47. The molecule has 7 nitrogen and oxygen atoms in total. The van der Waals surface area contributed by atoms with Gasteiger partial charge in [0.15, 0.2) is 0 Å². The summed E-state index contributed by atoms with van der Waals surface area (Å²) < 4.78 is 33.1. The van der Waals surface area contributed by atoms with E-state index in [2.05, 4.69) is 4.72 Å². The number of piperidine rings is 1. The van der Waals surface area contributed by atoms with Gasteiger partial charge in [-0.1, -0.05) is 0 Å². The highest BCUT2D eigenvalue weighted by atomic mass is 32.2. The van der Waals surface area contributed by atoms with Gasteiger partial charge >= 0.3 is 5.97 Å². The zero-order chi connectivity index (χ0) is 14.8. The molecule has 20 heavy (non-hydrogen) atoms. The number of carboxylic acid groups (broad SMARTS) is 1. The standard InChI is InChI=1S/C12H18N2O5S/c1-9-4-5-11(19-9)7-13-20(17,18)14-6-2-3-10(8-14)12(15)16/h4-5,10,13H,2-3,6-8H2,1H3,(H,15,16). The fourth-order valence-electron chi connectivity index (χ4n) is 2.20. The molecule has 0 spiro atoms. The molecule has 0 amide bonds. The predicted molar refractivity (Wildman–Crippen MR) is 71.1 cm³/mol. The van der Waals surface area contributed by atoms with Gasteiger partial charge in [-0.15, -0.1) is 0 Å². The molecule has 2 N–H and O–H groups in total. The van der Waals surface area contributed by atoms with Gasteiger partial charge < -0.3 is 9.52 Å². The molecule has 1 unspecified atom stereocenters. The number of aliphatic carboxylic acids is 1. The monoisotopic (exact) mass is 302 g/mol.